The fourth-order valence-electron chi connectivity index (χ4n) is 2.81. The van der Waals surface area contributed by atoms with E-state index in [-0.39, 0.29) is 0 Å². The smallest absolute Gasteiger partial charge is 0.0239 e. The third kappa shape index (κ3) is 3.08. The summed E-state index contributed by atoms with van der Waals surface area (Å²) in [5.74, 6) is 0. The maximum Gasteiger partial charge on any atom is 0.0239 e. The maximum absolute atomic E-state index is 5.88. The minimum absolute atomic E-state index is 0.591. The molecule has 94 valence electrons. The van der Waals surface area contributed by atoms with E-state index in [0.29, 0.717) is 6.04 Å². The standard InChI is InChI=1S/C15H24N2/c1-2-13-7-3-4-8-14(13)12-17-10-6-5-9-15(17)11-16/h3-4,7-8,15H,2,5-6,9-12,16H2,1H3. The van der Waals surface area contributed by atoms with Crippen LogP contribution in [-0.2, 0) is 13.0 Å². The summed E-state index contributed by atoms with van der Waals surface area (Å²) < 4.78 is 0. The van der Waals surface area contributed by atoms with Gasteiger partial charge in [0.2, 0.25) is 0 Å². The first kappa shape index (κ1) is 12.6. The van der Waals surface area contributed by atoms with Crippen LogP contribution in [0.15, 0.2) is 24.3 Å². The molecular formula is C15H24N2. The topological polar surface area (TPSA) is 29.3 Å². The van der Waals surface area contributed by atoms with Crippen LogP contribution in [-0.4, -0.2) is 24.0 Å². The van der Waals surface area contributed by atoms with Gasteiger partial charge in [0.25, 0.3) is 0 Å². The zero-order chi connectivity index (χ0) is 12.1. The minimum Gasteiger partial charge on any atom is -0.329 e. The normalized spacial score (nSPS) is 21.6. The molecule has 0 spiro atoms. The van der Waals surface area contributed by atoms with E-state index in [9.17, 15) is 0 Å². The molecule has 0 aliphatic carbocycles. The quantitative estimate of drug-likeness (QED) is 0.864. The van der Waals surface area contributed by atoms with Crippen molar-refractivity contribution in [2.75, 3.05) is 13.1 Å². The van der Waals surface area contributed by atoms with Crippen LogP contribution in [0.1, 0.15) is 37.3 Å². The summed E-state index contributed by atoms with van der Waals surface area (Å²) in [5.41, 5.74) is 8.84. The largest absolute Gasteiger partial charge is 0.329 e. The molecule has 1 aliphatic heterocycles. The fourth-order valence-corrected chi connectivity index (χ4v) is 2.81. The van der Waals surface area contributed by atoms with Crippen LogP contribution in [0, 0.1) is 0 Å². The predicted octanol–water partition coefficient (Wildman–Crippen LogP) is 2.56. The van der Waals surface area contributed by atoms with E-state index in [0.717, 1.165) is 19.5 Å². The van der Waals surface area contributed by atoms with E-state index < -0.39 is 0 Å². The molecule has 1 heterocycles. The van der Waals surface area contributed by atoms with Gasteiger partial charge in [-0.25, -0.2) is 0 Å². The molecule has 1 atom stereocenters. The van der Waals surface area contributed by atoms with E-state index in [1.54, 1.807) is 0 Å². The van der Waals surface area contributed by atoms with Crippen LogP contribution < -0.4 is 5.73 Å². The Balaban J connectivity index is 2.08. The number of aryl methyl sites for hydroxylation is 1. The second kappa shape index (κ2) is 6.18. The van der Waals surface area contributed by atoms with Gasteiger partial charge in [0.15, 0.2) is 0 Å². The molecule has 0 bridgehead atoms. The van der Waals surface area contributed by atoms with Gasteiger partial charge in [0.1, 0.15) is 0 Å². The average molecular weight is 232 g/mol. The lowest BCUT2D eigenvalue weighted by molar-refractivity contribution is 0.144. The molecule has 2 nitrogen and oxygen atoms in total. The molecule has 1 aromatic carbocycles. The molecular weight excluding hydrogens is 208 g/mol. The highest BCUT2D eigenvalue weighted by Gasteiger charge is 2.21. The number of likely N-dealkylation sites (tertiary alicyclic amines) is 1. The van der Waals surface area contributed by atoms with E-state index in [2.05, 4.69) is 36.1 Å². The molecule has 0 aromatic heterocycles. The van der Waals surface area contributed by atoms with Gasteiger partial charge in [-0.15, -0.1) is 0 Å². The maximum atomic E-state index is 5.88. The summed E-state index contributed by atoms with van der Waals surface area (Å²) in [6, 6.07) is 9.39. The van der Waals surface area contributed by atoms with Gasteiger partial charge in [0.05, 0.1) is 0 Å². The van der Waals surface area contributed by atoms with Crippen LogP contribution in [0.5, 0.6) is 0 Å². The van der Waals surface area contributed by atoms with Gasteiger partial charge in [-0.1, -0.05) is 37.6 Å². The van der Waals surface area contributed by atoms with Crippen LogP contribution in [0.2, 0.25) is 0 Å². The molecule has 17 heavy (non-hydrogen) atoms. The zero-order valence-corrected chi connectivity index (χ0v) is 10.9. The number of hydrogen-bond acceptors (Lipinski definition) is 2. The van der Waals surface area contributed by atoms with Gasteiger partial charge in [-0.2, -0.15) is 0 Å². The van der Waals surface area contributed by atoms with Crippen molar-refractivity contribution in [3.05, 3.63) is 35.4 Å². The number of hydrogen-bond donors (Lipinski definition) is 1. The number of nitrogens with two attached hydrogens (primary N) is 1. The second-order valence-corrected chi connectivity index (χ2v) is 4.98. The summed E-state index contributed by atoms with van der Waals surface area (Å²) >= 11 is 0. The lowest BCUT2D eigenvalue weighted by Crippen LogP contribution is -2.43. The van der Waals surface area contributed by atoms with Gasteiger partial charge in [-0.3, -0.25) is 4.90 Å². The van der Waals surface area contributed by atoms with Gasteiger partial charge in [0, 0.05) is 19.1 Å². The summed E-state index contributed by atoms with van der Waals surface area (Å²) in [6.07, 6.45) is 5.06. The molecule has 2 heteroatoms. The van der Waals surface area contributed by atoms with Crippen LogP contribution in [0.3, 0.4) is 0 Å². The van der Waals surface area contributed by atoms with E-state index in [1.807, 2.05) is 0 Å². The van der Waals surface area contributed by atoms with Crippen molar-refractivity contribution in [1.29, 1.82) is 0 Å². The van der Waals surface area contributed by atoms with E-state index >= 15 is 0 Å². The summed E-state index contributed by atoms with van der Waals surface area (Å²) in [7, 11) is 0. The molecule has 0 saturated carbocycles. The minimum atomic E-state index is 0.591. The molecule has 1 aliphatic rings. The van der Waals surface area contributed by atoms with Gasteiger partial charge in [-0.05, 0) is 36.9 Å². The Morgan fingerprint density at radius 1 is 1.24 bits per heavy atom. The summed E-state index contributed by atoms with van der Waals surface area (Å²) in [6.45, 7) is 5.32. The van der Waals surface area contributed by atoms with Crippen LogP contribution >= 0.6 is 0 Å². The van der Waals surface area contributed by atoms with Crippen molar-refractivity contribution >= 4 is 0 Å². The lowest BCUT2D eigenvalue weighted by atomic mass is 9.99. The van der Waals surface area contributed by atoms with Gasteiger partial charge < -0.3 is 5.73 Å². The van der Waals surface area contributed by atoms with E-state index in [1.165, 1.54) is 36.9 Å². The third-order valence-electron chi connectivity index (χ3n) is 3.89. The molecule has 0 radical (unpaired) electrons. The van der Waals surface area contributed by atoms with Crippen molar-refractivity contribution in [3.63, 3.8) is 0 Å². The molecule has 2 rings (SSSR count). The van der Waals surface area contributed by atoms with Crippen molar-refractivity contribution in [1.82, 2.24) is 4.90 Å². The Bertz CT molecular complexity index is 349. The van der Waals surface area contributed by atoms with E-state index in [4.69, 9.17) is 5.73 Å². The van der Waals surface area contributed by atoms with Gasteiger partial charge >= 0.3 is 0 Å². The lowest BCUT2D eigenvalue weighted by Gasteiger charge is -2.35. The van der Waals surface area contributed by atoms with Crippen molar-refractivity contribution in [2.24, 2.45) is 5.73 Å². The number of rotatable bonds is 4. The van der Waals surface area contributed by atoms with Crippen molar-refractivity contribution in [2.45, 2.75) is 45.2 Å². The van der Waals surface area contributed by atoms with Crippen molar-refractivity contribution < 1.29 is 0 Å². The Hall–Kier alpha value is -0.860. The zero-order valence-electron chi connectivity index (χ0n) is 10.9. The highest BCUT2D eigenvalue weighted by molar-refractivity contribution is 5.27. The first-order chi connectivity index (χ1) is 8.35. The number of benzene rings is 1. The predicted molar refractivity (Wildman–Crippen MR) is 72.9 cm³/mol. The molecule has 1 aromatic rings. The average Bonchev–Trinajstić information content (AvgIpc) is 2.40. The SMILES string of the molecule is CCc1ccccc1CN1CCCCC1CN. The van der Waals surface area contributed by atoms with Crippen LogP contribution in [0.4, 0.5) is 0 Å². The monoisotopic (exact) mass is 232 g/mol. The molecule has 2 N–H and O–H groups in total. The molecule has 0 amide bonds. The Labute approximate surface area is 105 Å². The highest BCUT2D eigenvalue weighted by Crippen LogP contribution is 2.20. The number of nitrogens with zero attached hydrogens (tertiary/aromatic N) is 1. The first-order valence-electron chi connectivity index (χ1n) is 6.86. The van der Waals surface area contributed by atoms with Crippen molar-refractivity contribution in [3.8, 4) is 0 Å². The van der Waals surface area contributed by atoms with Crippen LogP contribution in [0.25, 0.3) is 0 Å². The summed E-state index contributed by atoms with van der Waals surface area (Å²) in [5, 5.41) is 0. The Morgan fingerprint density at radius 2 is 2.00 bits per heavy atom. The highest BCUT2D eigenvalue weighted by atomic mass is 15.2. The summed E-state index contributed by atoms with van der Waals surface area (Å²) in [4.78, 5) is 2.57. The number of piperidine rings is 1. The molecule has 1 fully saturated rings. The molecule has 1 saturated heterocycles. The Morgan fingerprint density at radius 3 is 2.71 bits per heavy atom. The fraction of sp³-hybridized carbons (Fsp3) is 0.600. The molecule has 1 unspecified atom stereocenters. The Kier molecular flexibility index (Phi) is 4.57. The third-order valence-corrected chi connectivity index (χ3v) is 3.89. The second-order valence-electron chi connectivity index (χ2n) is 4.98. The first-order valence-corrected chi connectivity index (χ1v) is 6.86.